The molecule has 7 heteroatoms. The Morgan fingerprint density at radius 1 is 1.18 bits per heavy atom. The van der Waals surface area contributed by atoms with Crippen molar-refractivity contribution in [2.45, 2.75) is 16.2 Å². The molecule has 0 spiro atoms. The number of halogens is 4. The summed E-state index contributed by atoms with van der Waals surface area (Å²) in [5, 5.41) is 9.35. The number of pyridine rings is 1. The van der Waals surface area contributed by atoms with Gasteiger partial charge in [-0.3, -0.25) is 9.78 Å². The van der Waals surface area contributed by atoms with Crippen molar-refractivity contribution < 1.29 is 18.7 Å². The molecule has 0 bridgehead atoms. The number of alkyl halides is 2. The van der Waals surface area contributed by atoms with Crippen molar-refractivity contribution in [3.8, 4) is 11.3 Å². The molecule has 0 aliphatic heterocycles. The number of rotatable bonds is 3. The number of aliphatic carboxylic acids is 1. The summed E-state index contributed by atoms with van der Waals surface area (Å²) in [5.41, 5.74) is -1.34. The van der Waals surface area contributed by atoms with Gasteiger partial charge < -0.3 is 5.11 Å². The lowest BCUT2D eigenvalue weighted by molar-refractivity contribution is -0.140. The number of nitrogens with zero attached hydrogens (tertiary/aromatic N) is 1. The highest BCUT2D eigenvalue weighted by atomic mass is 35.5. The third-order valence-corrected chi connectivity index (χ3v) is 4.74. The normalized spacial score (nSPS) is 22.4. The summed E-state index contributed by atoms with van der Waals surface area (Å²) in [6, 6.07) is 6.27. The summed E-state index contributed by atoms with van der Waals surface area (Å²) in [6.45, 7) is 0. The Bertz CT molecular complexity index is 744. The van der Waals surface area contributed by atoms with Crippen LogP contribution < -0.4 is 0 Å². The summed E-state index contributed by atoms with van der Waals surface area (Å²) in [5.74, 6) is -2.66. The molecular formula is C15H9Cl2F2NO2. The topological polar surface area (TPSA) is 50.2 Å². The molecule has 0 saturated heterocycles. The van der Waals surface area contributed by atoms with Crippen LogP contribution in [0.5, 0.6) is 0 Å². The van der Waals surface area contributed by atoms with Crippen molar-refractivity contribution in [2.75, 3.05) is 0 Å². The summed E-state index contributed by atoms with van der Waals surface area (Å²) >= 11 is 11.9. The number of carbonyl (C=O) groups is 1. The summed E-state index contributed by atoms with van der Waals surface area (Å²) < 4.78 is 26.0. The van der Waals surface area contributed by atoms with Crippen LogP contribution in [0.3, 0.4) is 0 Å². The predicted molar refractivity (Wildman–Crippen MR) is 78.0 cm³/mol. The molecule has 1 fully saturated rings. The van der Waals surface area contributed by atoms with Crippen molar-refractivity contribution >= 4 is 29.2 Å². The first-order chi connectivity index (χ1) is 10.3. The first-order valence-corrected chi connectivity index (χ1v) is 7.07. The van der Waals surface area contributed by atoms with Crippen LogP contribution in [0.25, 0.3) is 11.3 Å². The van der Waals surface area contributed by atoms with Crippen molar-refractivity contribution in [1.82, 2.24) is 4.98 Å². The maximum absolute atomic E-state index is 13.7. The second-order valence-electron chi connectivity index (χ2n) is 5.12. The molecule has 1 aromatic carbocycles. The fraction of sp³-hybridized carbons (Fsp3) is 0.200. The average Bonchev–Trinajstić information content (AvgIpc) is 3.04. The molecule has 0 amide bonds. The Morgan fingerprint density at radius 2 is 1.77 bits per heavy atom. The fourth-order valence-corrected chi connectivity index (χ4v) is 3.28. The lowest BCUT2D eigenvalue weighted by Crippen LogP contribution is -2.26. The molecule has 1 saturated carbocycles. The van der Waals surface area contributed by atoms with Gasteiger partial charge in [-0.05, 0) is 23.8 Å². The van der Waals surface area contributed by atoms with Crippen LogP contribution in [-0.4, -0.2) is 20.4 Å². The largest absolute Gasteiger partial charge is 0.480 e. The van der Waals surface area contributed by atoms with Gasteiger partial charge in [-0.2, -0.15) is 0 Å². The van der Waals surface area contributed by atoms with Crippen LogP contribution in [0.1, 0.15) is 12.0 Å². The summed E-state index contributed by atoms with van der Waals surface area (Å²) in [6.07, 6.45) is 1.29. The fourth-order valence-electron chi connectivity index (χ4n) is 2.49. The van der Waals surface area contributed by atoms with Gasteiger partial charge in [0.05, 0.1) is 11.3 Å². The van der Waals surface area contributed by atoms with Gasteiger partial charge in [0.25, 0.3) is 0 Å². The lowest BCUT2D eigenvalue weighted by Gasteiger charge is -2.13. The van der Waals surface area contributed by atoms with E-state index in [1.165, 1.54) is 24.4 Å². The molecule has 1 atom stereocenters. The Hall–Kier alpha value is -1.72. The highest BCUT2D eigenvalue weighted by Gasteiger charge is 2.73. The molecule has 22 heavy (non-hydrogen) atoms. The van der Waals surface area contributed by atoms with E-state index in [0.29, 0.717) is 5.56 Å². The second kappa shape index (κ2) is 4.89. The predicted octanol–water partition coefficient (Wildman–Crippen LogP) is 3.93. The number of aromatic nitrogens is 1. The van der Waals surface area contributed by atoms with E-state index in [1.807, 2.05) is 0 Å². The molecule has 1 heterocycles. The van der Waals surface area contributed by atoms with Gasteiger partial charge in [-0.15, -0.1) is 0 Å². The number of hydrogen-bond acceptors (Lipinski definition) is 2. The first kappa shape index (κ1) is 15.2. The second-order valence-corrected chi connectivity index (χ2v) is 6.60. The third-order valence-electron chi connectivity index (χ3n) is 3.83. The molecule has 1 N–H and O–H groups in total. The molecule has 3 rings (SSSR count). The van der Waals surface area contributed by atoms with Crippen LogP contribution >= 0.6 is 23.2 Å². The van der Waals surface area contributed by atoms with Crippen LogP contribution in [0.4, 0.5) is 8.78 Å². The van der Waals surface area contributed by atoms with E-state index in [0.717, 1.165) is 12.1 Å². The standard InChI is InChI=1S/C15H9Cl2F2NO2/c16-15(17)7-14(15,13(21)22)8-4-5-11(20-6-8)12-9(18)2-1-3-10(12)19/h1-6H,7H2,(H,21,22). The summed E-state index contributed by atoms with van der Waals surface area (Å²) in [7, 11) is 0. The summed E-state index contributed by atoms with van der Waals surface area (Å²) in [4.78, 5) is 15.4. The quantitative estimate of drug-likeness (QED) is 0.859. The van der Waals surface area contributed by atoms with Crippen molar-refractivity contribution in [3.05, 3.63) is 53.7 Å². The Kier molecular flexibility index (Phi) is 3.38. The molecule has 114 valence electrons. The monoisotopic (exact) mass is 343 g/mol. The minimum atomic E-state index is -1.44. The zero-order valence-corrected chi connectivity index (χ0v) is 12.5. The Balaban J connectivity index is 2.03. The maximum atomic E-state index is 13.7. The highest BCUT2D eigenvalue weighted by Crippen LogP contribution is 2.64. The van der Waals surface area contributed by atoms with Gasteiger partial charge >= 0.3 is 5.97 Å². The average molecular weight is 344 g/mol. The van der Waals surface area contributed by atoms with E-state index in [4.69, 9.17) is 23.2 Å². The number of benzene rings is 1. The molecule has 1 aliphatic rings. The molecule has 1 aromatic heterocycles. The van der Waals surface area contributed by atoms with Crippen molar-refractivity contribution in [2.24, 2.45) is 0 Å². The number of carboxylic acids is 1. The van der Waals surface area contributed by atoms with Crippen molar-refractivity contribution in [1.29, 1.82) is 0 Å². The minimum Gasteiger partial charge on any atom is -0.480 e. The van der Waals surface area contributed by atoms with Gasteiger partial charge in [-0.25, -0.2) is 8.78 Å². The SMILES string of the molecule is O=C(O)C1(c2ccc(-c3c(F)cccc3F)nc2)CC1(Cl)Cl. The molecular weight excluding hydrogens is 335 g/mol. The molecule has 1 unspecified atom stereocenters. The van der Waals surface area contributed by atoms with Crippen LogP contribution in [-0.2, 0) is 10.2 Å². The first-order valence-electron chi connectivity index (χ1n) is 6.32. The van der Waals surface area contributed by atoms with Gasteiger partial charge in [0, 0.05) is 12.6 Å². The van der Waals surface area contributed by atoms with Gasteiger partial charge in [0.15, 0.2) is 0 Å². The highest BCUT2D eigenvalue weighted by molar-refractivity contribution is 6.54. The van der Waals surface area contributed by atoms with Crippen molar-refractivity contribution in [3.63, 3.8) is 0 Å². The molecule has 2 aromatic rings. The van der Waals surface area contributed by atoms with E-state index in [1.54, 1.807) is 0 Å². The Labute approximate surface area is 134 Å². The van der Waals surface area contributed by atoms with Gasteiger partial charge in [0.1, 0.15) is 21.4 Å². The van der Waals surface area contributed by atoms with E-state index in [-0.39, 0.29) is 17.7 Å². The number of carboxylic acid groups (broad SMARTS) is 1. The van der Waals surface area contributed by atoms with E-state index < -0.39 is 27.4 Å². The zero-order valence-electron chi connectivity index (χ0n) is 11.0. The lowest BCUT2D eigenvalue weighted by atomic mass is 9.97. The van der Waals surface area contributed by atoms with Crippen LogP contribution in [0.15, 0.2) is 36.5 Å². The molecule has 1 aliphatic carbocycles. The van der Waals surface area contributed by atoms with Crippen LogP contribution in [0, 0.1) is 11.6 Å². The third kappa shape index (κ3) is 2.08. The van der Waals surface area contributed by atoms with Gasteiger partial charge in [0.2, 0.25) is 0 Å². The Morgan fingerprint density at radius 3 is 2.18 bits per heavy atom. The zero-order chi connectivity index (χ0) is 16.1. The van der Waals surface area contributed by atoms with E-state index in [9.17, 15) is 18.7 Å². The van der Waals surface area contributed by atoms with E-state index in [2.05, 4.69) is 4.98 Å². The van der Waals surface area contributed by atoms with E-state index >= 15 is 0 Å². The maximum Gasteiger partial charge on any atom is 0.317 e. The molecule has 3 nitrogen and oxygen atoms in total. The van der Waals surface area contributed by atoms with Crippen LogP contribution in [0.2, 0.25) is 0 Å². The van der Waals surface area contributed by atoms with Gasteiger partial charge in [-0.1, -0.05) is 35.3 Å². The number of hydrogen-bond donors (Lipinski definition) is 1. The molecule has 0 radical (unpaired) electrons. The minimum absolute atomic E-state index is 0.0491. The smallest absolute Gasteiger partial charge is 0.317 e.